The first-order valence-corrected chi connectivity index (χ1v) is 9.50. The fraction of sp³-hybridized carbons (Fsp3) is 0.421. The second-order valence-corrected chi connectivity index (χ2v) is 6.77. The summed E-state index contributed by atoms with van der Waals surface area (Å²) in [6.45, 7) is -1.23. The lowest BCUT2D eigenvalue weighted by molar-refractivity contribution is -0.143. The number of rotatable bonds is 13. The summed E-state index contributed by atoms with van der Waals surface area (Å²) < 4.78 is 0. The third-order valence-electron chi connectivity index (χ3n) is 4.29. The molecule has 0 saturated carbocycles. The largest absolute Gasteiger partial charge is 0.508 e. The lowest BCUT2D eigenvalue weighted by Gasteiger charge is -2.24. The minimum absolute atomic E-state index is 0.0387. The van der Waals surface area contributed by atoms with E-state index in [0.29, 0.717) is 5.56 Å². The molecule has 1 aromatic rings. The maximum absolute atomic E-state index is 12.7. The molecule has 0 bridgehead atoms. The molecular weight excluding hydrogens is 428 g/mol. The van der Waals surface area contributed by atoms with Gasteiger partial charge in [0.05, 0.1) is 13.2 Å². The molecule has 0 heterocycles. The van der Waals surface area contributed by atoms with Gasteiger partial charge in [-0.2, -0.15) is 0 Å². The van der Waals surface area contributed by atoms with Crippen molar-refractivity contribution in [3.05, 3.63) is 29.8 Å². The van der Waals surface area contributed by atoms with Gasteiger partial charge in [-0.1, -0.05) is 12.1 Å². The van der Waals surface area contributed by atoms with E-state index in [2.05, 4.69) is 16.0 Å². The molecule has 0 spiro atoms. The van der Waals surface area contributed by atoms with Crippen molar-refractivity contribution in [1.29, 1.82) is 0 Å². The summed E-state index contributed by atoms with van der Waals surface area (Å²) in [5.41, 5.74) is 5.66. The summed E-state index contributed by atoms with van der Waals surface area (Å²) in [6.07, 6.45) is -1.03. The zero-order chi connectivity index (χ0) is 24.3. The van der Waals surface area contributed by atoms with Crippen LogP contribution in [0.15, 0.2) is 24.3 Å². The van der Waals surface area contributed by atoms with Gasteiger partial charge in [0.15, 0.2) is 0 Å². The number of carbonyl (C=O) groups is 5. The molecule has 32 heavy (non-hydrogen) atoms. The summed E-state index contributed by atoms with van der Waals surface area (Å²) in [5.74, 6) is -5.32. The zero-order valence-corrected chi connectivity index (χ0v) is 17.0. The van der Waals surface area contributed by atoms with Crippen molar-refractivity contribution in [1.82, 2.24) is 16.0 Å². The Labute approximate surface area is 182 Å². The summed E-state index contributed by atoms with van der Waals surface area (Å²) >= 11 is 0. The molecule has 13 nitrogen and oxygen atoms in total. The normalized spacial score (nSPS) is 13.3. The molecule has 0 aliphatic carbocycles. The summed E-state index contributed by atoms with van der Waals surface area (Å²) in [4.78, 5) is 58.8. The molecule has 13 heteroatoms. The van der Waals surface area contributed by atoms with E-state index < -0.39 is 67.4 Å². The fourth-order valence-corrected chi connectivity index (χ4v) is 2.59. The van der Waals surface area contributed by atoms with Gasteiger partial charge in [0.1, 0.15) is 23.9 Å². The lowest BCUT2D eigenvalue weighted by atomic mass is 10.0. The lowest BCUT2D eigenvalue weighted by Crippen LogP contribution is -2.57. The number of carboxylic acids is 2. The molecular formula is C19H26N4O9. The third-order valence-corrected chi connectivity index (χ3v) is 4.29. The number of aromatic hydroxyl groups is 1. The number of phenols is 1. The number of phenolic OH excluding ortho intramolecular Hbond substituents is 1. The van der Waals surface area contributed by atoms with Crippen molar-refractivity contribution in [2.45, 2.75) is 37.4 Å². The summed E-state index contributed by atoms with van der Waals surface area (Å²) in [5, 5.41) is 43.5. The average Bonchev–Trinajstić information content (AvgIpc) is 2.74. The van der Waals surface area contributed by atoms with Crippen LogP contribution >= 0.6 is 0 Å². The van der Waals surface area contributed by atoms with E-state index in [1.807, 2.05) is 0 Å². The Morgan fingerprint density at radius 1 is 0.875 bits per heavy atom. The molecule has 0 saturated heterocycles. The van der Waals surface area contributed by atoms with Gasteiger partial charge in [0, 0.05) is 12.8 Å². The van der Waals surface area contributed by atoms with Crippen LogP contribution in [-0.2, 0) is 30.4 Å². The number of benzene rings is 1. The van der Waals surface area contributed by atoms with Crippen LogP contribution in [0.25, 0.3) is 0 Å². The van der Waals surface area contributed by atoms with E-state index in [-0.39, 0.29) is 18.6 Å². The summed E-state index contributed by atoms with van der Waals surface area (Å²) in [7, 11) is 0. The summed E-state index contributed by atoms with van der Waals surface area (Å²) in [6, 6.07) is 1.35. The predicted octanol–water partition coefficient (Wildman–Crippen LogP) is -2.71. The zero-order valence-electron chi connectivity index (χ0n) is 17.0. The van der Waals surface area contributed by atoms with Gasteiger partial charge < -0.3 is 42.1 Å². The van der Waals surface area contributed by atoms with Crippen molar-refractivity contribution in [2.75, 3.05) is 13.2 Å². The minimum Gasteiger partial charge on any atom is -0.508 e. The second-order valence-electron chi connectivity index (χ2n) is 6.77. The van der Waals surface area contributed by atoms with Gasteiger partial charge >= 0.3 is 11.9 Å². The number of hydrogen-bond acceptors (Lipinski definition) is 8. The predicted molar refractivity (Wildman–Crippen MR) is 108 cm³/mol. The van der Waals surface area contributed by atoms with Gasteiger partial charge in [0.2, 0.25) is 17.7 Å². The maximum atomic E-state index is 12.7. The topological polar surface area (TPSA) is 228 Å². The molecule has 176 valence electrons. The number of aliphatic hydroxyl groups excluding tert-OH is 1. The van der Waals surface area contributed by atoms with E-state index >= 15 is 0 Å². The Morgan fingerprint density at radius 2 is 1.44 bits per heavy atom. The highest BCUT2D eigenvalue weighted by atomic mass is 16.4. The van der Waals surface area contributed by atoms with Crippen molar-refractivity contribution in [3.8, 4) is 5.75 Å². The van der Waals surface area contributed by atoms with E-state index in [0.717, 1.165) is 0 Å². The standard InChI is InChI=1S/C19H26N4O9/c20-8-15(26)21-14(9-24)18(30)23-13(7-10-1-3-11(25)4-2-10)17(29)22-12(19(31)32)5-6-16(27)28/h1-4,12-14,24-25H,5-9,20H2,(H,21,26)(H,22,29)(H,23,30)(H,27,28)(H,31,32). The van der Waals surface area contributed by atoms with Crippen LogP contribution in [0.5, 0.6) is 5.75 Å². The van der Waals surface area contributed by atoms with Crippen LogP contribution in [0, 0.1) is 0 Å². The SMILES string of the molecule is NCC(=O)NC(CO)C(=O)NC(Cc1ccc(O)cc1)C(=O)NC(CCC(=O)O)C(=O)O. The smallest absolute Gasteiger partial charge is 0.326 e. The quantitative estimate of drug-likeness (QED) is 0.154. The maximum Gasteiger partial charge on any atom is 0.326 e. The van der Waals surface area contributed by atoms with Gasteiger partial charge in [-0.15, -0.1) is 0 Å². The van der Waals surface area contributed by atoms with Gasteiger partial charge in [-0.25, -0.2) is 4.79 Å². The van der Waals surface area contributed by atoms with Gasteiger partial charge in [0.25, 0.3) is 0 Å². The molecule has 1 aromatic carbocycles. The Hall–Kier alpha value is -3.71. The number of nitrogens with two attached hydrogens (primary N) is 1. The molecule has 3 atom stereocenters. The number of aliphatic hydroxyl groups is 1. The number of amides is 3. The molecule has 1 rings (SSSR count). The number of aliphatic carboxylic acids is 2. The van der Waals surface area contributed by atoms with E-state index in [1.165, 1.54) is 24.3 Å². The monoisotopic (exact) mass is 454 g/mol. The van der Waals surface area contributed by atoms with E-state index in [4.69, 9.17) is 10.8 Å². The highest BCUT2D eigenvalue weighted by molar-refractivity contribution is 5.93. The van der Waals surface area contributed by atoms with Crippen LogP contribution in [0.1, 0.15) is 18.4 Å². The first-order chi connectivity index (χ1) is 15.1. The molecule has 0 radical (unpaired) electrons. The van der Waals surface area contributed by atoms with Crippen LogP contribution in [0.4, 0.5) is 0 Å². The first kappa shape index (κ1) is 26.3. The first-order valence-electron chi connectivity index (χ1n) is 9.50. The number of nitrogens with one attached hydrogen (secondary N) is 3. The highest BCUT2D eigenvalue weighted by Crippen LogP contribution is 2.12. The molecule has 0 fully saturated rings. The minimum atomic E-state index is -1.52. The molecule has 0 aliphatic heterocycles. The van der Waals surface area contributed by atoms with E-state index in [9.17, 15) is 39.3 Å². The van der Waals surface area contributed by atoms with Gasteiger partial charge in [-0.3, -0.25) is 19.2 Å². The number of carbonyl (C=O) groups excluding carboxylic acids is 3. The van der Waals surface area contributed by atoms with E-state index in [1.54, 1.807) is 0 Å². The Morgan fingerprint density at radius 3 is 1.94 bits per heavy atom. The second kappa shape index (κ2) is 12.9. The molecule has 3 unspecified atom stereocenters. The van der Waals surface area contributed by atoms with Crippen molar-refractivity contribution in [2.24, 2.45) is 5.73 Å². The van der Waals surface area contributed by atoms with Gasteiger partial charge in [-0.05, 0) is 24.1 Å². The molecule has 3 amide bonds. The molecule has 0 aromatic heterocycles. The van der Waals surface area contributed by atoms with Crippen LogP contribution in [0.3, 0.4) is 0 Å². The van der Waals surface area contributed by atoms with Crippen molar-refractivity contribution in [3.63, 3.8) is 0 Å². The fourth-order valence-electron chi connectivity index (χ4n) is 2.59. The van der Waals surface area contributed by atoms with Crippen molar-refractivity contribution < 1.29 is 44.4 Å². The number of hydrogen-bond donors (Lipinski definition) is 8. The molecule has 9 N–H and O–H groups in total. The molecule has 0 aliphatic rings. The Balaban J connectivity index is 3.04. The third kappa shape index (κ3) is 8.97. The van der Waals surface area contributed by atoms with Crippen LogP contribution < -0.4 is 21.7 Å². The Bertz CT molecular complexity index is 829. The number of carboxylic acid groups (broad SMARTS) is 2. The van der Waals surface area contributed by atoms with Crippen LogP contribution in [0.2, 0.25) is 0 Å². The van der Waals surface area contributed by atoms with Crippen LogP contribution in [-0.4, -0.2) is 81.4 Å². The highest BCUT2D eigenvalue weighted by Gasteiger charge is 2.29. The Kier molecular flexibility index (Phi) is 10.6. The van der Waals surface area contributed by atoms with Crippen molar-refractivity contribution >= 4 is 29.7 Å². The average molecular weight is 454 g/mol.